The molecule has 4 nitrogen and oxygen atoms in total. The van der Waals surface area contributed by atoms with Gasteiger partial charge in [-0.15, -0.1) is 0 Å². The zero-order valence-electron chi connectivity index (χ0n) is 13.2. The van der Waals surface area contributed by atoms with Gasteiger partial charge in [-0.05, 0) is 37.0 Å². The number of carbonyl (C=O) groups excluding carboxylic acids is 1. The van der Waals surface area contributed by atoms with Crippen molar-refractivity contribution in [2.45, 2.75) is 25.8 Å². The number of nitrogens with one attached hydrogen (secondary N) is 1. The smallest absolute Gasteiger partial charge is 0.224 e. The Morgan fingerprint density at radius 3 is 3.04 bits per heavy atom. The quantitative estimate of drug-likeness (QED) is 0.817. The van der Waals surface area contributed by atoms with E-state index in [1.807, 2.05) is 6.07 Å². The van der Waals surface area contributed by atoms with Crippen LogP contribution in [0.25, 0.3) is 0 Å². The molecule has 1 amide bonds. The van der Waals surface area contributed by atoms with Crippen LogP contribution in [-0.2, 0) is 11.3 Å². The maximum Gasteiger partial charge on any atom is 0.224 e. The molecular weight excluding hydrogens is 307 g/mol. The number of pyridine rings is 1. The summed E-state index contributed by atoms with van der Waals surface area (Å²) < 4.78 is 18.9. The molecule has 1 N–H and O–H groups in total. The van der Waals surface area contributed by atoms with Gasteiger partial charge in [-0.2, -0.15) is 0 Å². The van der Waals surface area contributed by atoms with Gasteiger partial charge in [-0.3, -0.25) is 4.79 Å². The minimum absolute atomic E-state index is 0.00658. The minimum atomic E-state index is -0.372. The Labute approximate surface area is 140 Å². The summed E-state index contributed by atoms with van der Waals surface area (Å²) in [6.45, 7) is 0.327. The number of halogens is 1. The van der Waals surface area contributed by atoms with Crippen LogP contribution in [0.15, 0.2) is 54.7 Å². The first kappa shape index (κ1) is 16.2. The van der Waals surface area contributed by atoms with Gasteiger partial charge in [0, 0.05) is 30.8 Å². The highest BCUT2D eigenvalue weighted by Crippen LogP contribution is 2.24. The molecule has 3 rings (SSSR count). The largest absolute Gasteiger partial charge is 0.439 e. The summed E-state index contributed by atoms with van der Waals surface area (Å²) in [7, 11) is 0. The second-order valence-electron chi connectivity index (χ2n) is 5.77. The van der Waals surface area contributed by atoms with Gasteiger partial charge < -0.3 is 10.1 Å². The van der Waals surface area contributed by atoms with Gasteiger partial charge in [0.2, 0.25) is 11.8 Å². The monoisotopic (exact) mass is 326 g/mol. The summed E-state index contributed by atoms with van der Waals surface area (Å²) in [6, 6.07) is 9.49. The standard InChI is InChI=1S/C19H19FN2O2/c20-16-8-3-9-17(12-16)24-19-15(7-4-10-21-19)13-22-18(23)11-14-5-1-2-6-14/h1,3-5,7-10,12,14H,2,6,11,13H2,(H,22,23)/t14-/m0/s1. The Kier molecular flexibility index (Phi) is 5.21. The van der Waals surface area contributed by atoms with Crippen LogP contribution in [0.3, 0.4) is 0 Å². The van der Waals surface area contributed by atoms with E-state index in [-0.39, 0.29) is 11.7 Å². The Bertz CT molecular complexity index is 746. The van der Waals surface area contributed by atoms with E-state index in [9.17, 15) is 9.18 Å². The molecule has 0 aliphatic heterocycles. The number of hydrogen-bond donors (Lipinski definition) is 1. The Morgan fingerprint density at radius 1 is 1.33 bits per heavy atom. The number of ether oxygens (including phenoxy) is 1. The zero-order valence-corrected chi connectivity index (χ0v) is 13.2. The van der Waals surface area contributed by atoms with E-state index >= 15 is 0 Å². The van der Waals surface area contributed by atoms with Gasteiger partial charge in [-0.1, -0.05) is 24.3 Å². The van der Waals surface area contributed by atoms with Crippen molar-refractivity contribution in [1.82, 2.24) is 10.3 Å². The highest BCUT2D eigenvalue weighted by atomic mass is 19.1. The van der Waals surface area contributed by atoms with E-state index in [2.05, 4.69) is 22.5 Å². The van der Waals surface area contributed by atoms with E-state index in [0.717, 1.165) is 18.4 Å². The summed E-state index contributed by atoms with van der Waals surface area (Å²) in [5.74, 6) is 0.707. The molecule has 24 heavy (non-hydrogen) atoms. The second kappa shape index (κ2) is 7.73. The predicted octanol–water partition coefficient (Wildman–Crippen LogP) is 3.99. The van der Waals surface area contributed by atoms with Gasteiger partial charge in [0.15, 0.2) is 0 Å². The first-order chi connectivity index (χ1) is 11.7. The molecule has 0 saturated carbocycles. The summed E-state index contributed by atoms with van der Waals surface area (Å²) in [5, 5.41) is 2.90. The van der Waals surface area contributed by atoms with Crippen LogP contribution in [0.4, 0.5) is 4.39 Å². The van der Waals surface area contributed by atoms with Gasteiger partial charge in [0.1, 0.15) is 11.6 Å². The van der Waals surface area contributed by atoms with Crippen molar-refractivity contribution < 1.29 is 13.9 Å². The third kappa shape index (κ3) is 4.41. The summed E-state index contributed by atoms with van der Waals surface area (Å²) >= 11 is 0. The highest BCUT2D eigenvalue weighted by Gasteiger charge is 2.14. The number of amides is 1. The van der Waals surface area contributed by atoms with E-state index in [4.69, 9.17) is 4.74 Å². The van der Waals surface area contributed by atoms with Crippen LogP contribution in [0.1, 0.15) is 24.8 Å². The van der Waals surface area contributed by atoms with Crippen LogP contribution < -0.4 is 10.1 Å². The van der Waals surface area contributed by atoms with Crippen LogP contribution >= 0.6 is 0 Å². The van der Waals surface area contributed by atoms with E-state index in [1.165, 1.54) is 12.1 Å². The summed E-state index contributed by atoms with van der Waals surface area (Å²) in [6.07, 6.45) is 8.40. The molecule has 0 saturated heterocycles. The second-order valence-corrected chi connectivity index (χ2v) is 5.77. The van der Waals surface area contributed by atoms with Gasteiger partial charge >= 0.3 is 0 Å². The van der Waals surface area contributed by atoms with Crippen molar-refractivity contribution in [1.29, 1.82) is 0 Å². The Morgan fingerprint density at radius 2 is 2.25 bits per heavy atom. The molecule has 0 bridgehead atoms. The topological polar surface area (TPSA) is 51.2 Å². The van der Waals surface area contributed by atoms with Crippen molar-refractivity contribution in [3.05, 3.63) is 66.1 Å². The predicted molar refractivity (Wildman–Crippen MR) is 89.0 cm³/mol. The third-order valence-corrected chi connectivity index (χ3v) is 3.90. The summed E-state index contributed by atoms with van der Waals surface area (Å²) in [5.41, 5.74) is 0.747. The Balaban J connectivity index is 1.61. The van der Waals surface area contributed by atoms with Gasteiger partial charge in [-0.25, -0.2) is 9.37 Å². The van der Waals surface area contributed by atoms with Crippen LogP contribution in [0, 0.1) is 11.7 Å². The summed E-state index contributed by atoms with van der Waals surface area (Å²) in [4.78, 5) is 16.2. The van der Waals surface area contributed by atoms with Crippen LogP contribution in [0.2, 0.25) is 0 Å². The lowest BCUT2D eigenvalue weighted by Gasteiger charge is -2.12. The lowest BCUT2D eigenvalue weighted by molar-refractivity contribution is -0.121. The number of rotatable bonds is 6. The molecule has 1 aromatic heterocycles. The van der Waals surface area contributed by atoms with Crippen LogP contribution in [0.5, 0.6) is 11.6 Å². The first-order valence-electron chi connectivity index (χ1n) is 8.01. The molecule has 0 unspecified atom stereocenters. The third-order valence-electron chi connectivity index (χ3n) is 3.90. The van der Waals surface area contributed by atoms with Gasteiger partial charge in [0.05, 0.1) is 0 Å². The fraction of sp³-hybridized carbons (Fsp3) is 0.263. The number of hydrogen-bond acceptors (Lipinski definition) is 3. The number of carbonyl (C=O) groups is 1. The molecule has 1 atom stereocenters. The van der Waals surface area contributed by atoms with E-state index in [1.54, 1.807) is 24.4 Å². The number of aromatic nitrogens is 1. The van der Waals surface area contributed by atoms with E-state index < -0.39 is 0 Å². The molecule has 124 valence electrons. The number of benzene rings is 1. The SMILES string of the molecule is O=C(C[C@H]1C=CCC1)NCc1cccnc1Oc1cccc(F)c1. The molecule has 0 fully saturated rings. The maximum absolute atomic E-state index is 13.3. The molecule has 0 spiro atoms. The van der Waals surface area contributed by atoms with Crippen molar-refractivity contribution >= 4 is 5.91 Å². The lowest BCUT2D eigenvalue weighted by Crippen LogP contribution is -2.24. The molecule has 5 heteroatoms. The van der Waals surface area contributed by atoms with Crippen molar-refractivity contribution in [2.75, 3.05) is 0 Å². The molecular formula is C19H19FN2O2. The number of nitrogens with zero attached hydrogens (tertiary/aromatic N) is 1. The Hall–Kier alpha value is -2.69. The molecule has 1 heterocycles. The minimum Gasteiger partial charge on any atom is -0.439 e. The highest BCUT2D eigenvalue weighted by molar-refractivity contribution is 5.76. The molecule has 1 aromatic carbocycles. The molecule has 0 radical (unpaired) electrons. The average molecular weight is 326 g/mol. The van der Waals surface area contributed by atoms with E-state index in [0.29, 0.717) is 30.5 Å². The van der Waals surface area contributed by atoms with Crippen molar-refractivity contribution in [3.63, 3.8) is 0 Å². The number of allylic oxidation sites excluding steroid dienone is 2. The maximum atomic E-state index is 13.3. The molecule has 1 aliphatic rings. The van der Waals surface area contributed by atoms with Crippen molar-refractivity contribution in [3.8, 4) is 11.6 Å². The van der Waals surface area contributed by atoms with Crippen molar-refractivity contribution in [2.24, 2.45) is 5.92 Å². The van der Waals surface area contributed by atoms with Crippen LogP contribution in [-0.4, -0.2) is 10.9 Å². The first-order valence-corrected chi connectivity index (χ1v) is 8.01. The molecule has 2 aromatic rings. The fourth-order valence-electron chi connectivity index (χ4n) is 2.66. The zero-order chi connectivity index (χ0) is 16.8. The average Bonchev–Trinajstić information content (AvgIpc) is 3.07. The fourth-order valence-corrected chi connectivity index (χ4v) is 2.66. The normalized spacial score (nSPS) is 16.1. The van der Waals surface area contributed by atoms with Gasteiger partial charge in [0.25, 0.3) is 0 Å². The lowest BCUT2D eigenvalue weighted by atomic mass is 10.1. The molecule has 1 aliphatic carbocycles.